The number of aromatic nitrogens is 2. The first kappa shape index (κ1) is 12.0. The number of aryl methyl sites for hydroxylation is 1. The van der Waals surface area contributed by atoms with Crippen LogP contribution >= 0.6 is 0 Å². The van der Waals surface area contributed by atoms with E-state index in [2.05, 4.69) is 35.7 Å². The number of furan rings is 1. The van der Waals surface area contributed by atoms with Crippen molar-refractivity contribution >= 4 is 35.2 Å². The molecule has 0 aliphatic heterocycles. The van der Waals surface area contributed by atoms with Crippen molar-refractivity contribution in [3.8, 4) is 11.3 Å². The average molecular weight is 335 g/mol. The van der Waals surface area contributed by atoms with Crippen LogP contribution in [0.15, 0.2) is 53.3 Å². The second kappa shape index (κ2) is 5.28. The molecule has 0 saturated heterocycles. The van der Waals surface area contributed by atoms with E-state index >= 15 is 0 Å². The summed E-state index contributed by atoms with van der Waals surface area (Å²) in [5.74, 6) is 0. The smallest absolute Gasteiger partial charge is 0.153 e. The van der Waals surface area contributed by atoms with Gasteiger partial charge in [-0.2, -0.15) is 0 Å². The lowest BCUT2D eigenvalue weighted by Gasteiger charge is -2.18. The van der Waals surface area contributed by atoms with Gasteiger partial charge in [0.05, 0.1) is 20.0 Å². The predicted molar refractivity (Wildman–Crippen MR) is 102 cm³/mol. The minimum absolute atomic E-state index is 0.231. The van der Waals surface area contributed by atoms with E-state index in [1.54, 1.807) is 24.5 Å². The average Bonchev–Trinajstić information content (AvgIpc) is 2.99. The van der Waals surface area contributed by atoms with Gasteiger partial charge < -0.3 is 4.42 Å². The quantitative estimate of drug-likeness (QED) is 0.489. The molecule has 1 aromatic carbocycles. The number of nitrogens with zero attached hydrogens (tertiary/aromatic N) is 2. The molecule has 0 unspecified atom stereocenters. The van der Waals surface area contributed by atoms with E-state index in [9.17, 15) is 0 Å². The van der Waals surface area contributed by atoms with E-state index in [0.29, 0.717) is 5.69 Å². The fourth-order valence-electron chi connectivity index (χ4n) is 3.11. The number of rotatable bonds is 2. The van der Waals surface area contributed by atoms with Crippen LogP contribution in [0, 0.1) is 6.85 Å². The Morgan fingerprint density at radius 2 is 1.92 bits per heavy atom. The molecule has 0 radical (unpaired) electrons. The summed E-state index contributed by atoms with van der Waals surface area (Å²) in [7, 11) is -1.61. The lowest BCUT2D eigenvalue weighted by molar-refractivity contribution is 0.668. The summed E-state index contributed by atoms with van der Waals surface area (Å²) < 4.78 is 28.7. The molecule has 0 aliphatic rings. The van der Waals surface area contributed by atoms with Crippen molar-refractivity contribution in [3.63, 3.8) is 0 Å². The third-order valence-corrected chi connectivity index (χ3v) is 6.30. The van der Waals surface area contributed by atoms with Crippen molar-refractivity contribution in [3.05, 3.63) is 54.5 Å². The van der Waals surface area contributed by atoms with Gasteiger partial charge in [-0.3, -0.25) is 9.97 Å². The van der Waals surface area contributed by atoms with Gasteiger partial charge >= 0.3 is 0 Å². The summed E-state index contributed by atoms with van der Waals surface area (Å²) in [4.78, 5) is 8.58. The zero-order valence-corrected chi connectivity index (χ0v) is 14.9. The number of hydrogen-bond acceptors (Lipinski definition) is 3. The first-order chi connectivity index (χ1) is 12.7. The molecule has 4 rings (SSSR count). The molecule has 3 heterocycles. The van der Waals surface area contributed by atoms with Crippen LogP contribution in [0.3, 0.4) is 0 Å². The molecule has 4 aromatic rings. The van der Waals surface area contributed by atoms with E-state index in [0.717, 1.165) is 27.5 Å². The summed E-state index contributed by atoms with van der Waals surface area (Å²) in [6, 6.07) is 9.54. The lowest BCUT2D eigenvalue weighted by atomic mass is 10.1. The molecule has 0 spiro atoms. The molecule has 3 aromatic heterocycles. The van der Waals surface area contributed by atoms with Crippen LogP contribution in [0.25, 0.3) is 33.2 Å². The van der Waals surface area contributed by atoms with Gasteiger partial charge in [-0.15, -0.1) is 0 Å². The molecular formula is C20H20N2OSi. The maximum Gasteiger partial charge on any atom is 0.153 e. The monoisotopic (exact) mass is 335 g/mol. The van der Waals surface area contributed by atoms with Gasteiger partial charge in [-0.25, -0.2) is 0 Å². The van der Waals surface area contributed by atoms with Crippen LogP contribution in [-0.4, -0.2) is 18.0 Å². The van der Waals surface area contributed by atoms with Gasteiger partial charge in [-0.05, 0) is 35.8 Å². The molecule has 0 amide bonds. The topological polar surface area (TPSA) is 38.9 Å². The molecule has 0 atom stereocenters. The summed E-state index contributed by atoms with van der Waals surface area (Å²) in [5.41, 5.74) is 3.32. The van der Waals surface area contributed by atoms with Gasteiger partial charge in [0.1, 0.15) is 5.58 Å². The van der Waals surface area contributed by atoms with Crippen LogP contribution in [0.4, 0.5) is 0 Å². The summed E-state index contributed by atoms with van der Waals surface area (Å²) >= 11 is 0. The van der Waals surface area contributed by atoms with Gasteiger partial charge in [0.15, 0.2) is 5.58 Å². The zero-order valence-electron chi connectivity index (χ0n) is 16.9. The Labute approximate surface area is 146 Å². The second-order valence-corrected chi connectivity index (χ2v) is 12.1. The Bertz CT molecular complexity index is 1140. The van der Waals surface area contributed by atoms with E-state index in [4.69, 9.17) is 8.53 Å². The lowest BCUT2D eigenvalue weighted by Crippen LogP contribution is -2.37. The predicted octanol–water partition coefficient (Wildman–Crippen LogP) is 4.90. The fraction of sp³-hybridized carbons (Fsp3) is 0.200. The molecular weight excluding hydrogens is 312 g/mol. The van der Waals surface area contributed by atoms with Crippen molar-refractivity contribution in [2.75, 3.05) is 0 Å². The van der Waals surface area contributed by atoms with Gasteiger partial charge in [-0.1, -0.05) is 31.8 Å². The van der Waals surface area contributed by atoms with Gasteiger partial charge in [0.2, 0.25) is 0 Å². The Hall–Kier alpha value is -2.46. The number of hydrogen-bond donors (Lipinski definition) is 0. The number of pyridine rings is 2. The van der Waals surface area contributed by atoms with Gasteiger partial charge in [0, 0.05) is 32.8 Å². The van der Waals surface area contributed by atoms with E-state index < -0.39 is 14.9 Å². The largest absolute Gasteiger partial charge is 0.454 e. The van der Waals surface area contributed by atoms with E-state index in [1.807, 2.05) is 12.1 Å². The standard InChI is InChI=1S/C20H20N2OSi/c1-13-5-7-16(22-11-13)14-6-8-18(24(2,3)4)19-15-9-10-21-12-17(15)23-20(14)19/h5-12H,1-4H3/i1D3. The molecule has 0 saturated carbocycles. The first-order valence-electron chi connectivity index (χ1n) is 9.43. The minimum atomic E-state index is -2.16. The summed E-state index contributed by atoms with van der Waals surface area (Å²) in [5, 5.41) is 3.49. The highest BCUT2D eigenvalue weighted by Gasteiger charge is 2.24. The highest BCUT2D eigenvalue weighted by Crippen LogP contribution is 2.34. The molecule has 0 N–H and O–H groups in total. The highest BCUT2D eigenvalue weighted by atomic mass is 28.3. The Morgan fingerprint density at radius 3 is 2.62 bits per heavy atom. The molecule has 4 heteroatoms. The van der Waals surface area contributed by atoms with Crippen molar-refractivity contribution in [1.82, 2.24) is 9.97 Å². The van der Waals surface area contributed by atoms with Crippen LogP contribution < -0.4 is 5.19 Å². The third kappa shape index (κ3) is 2.34. The van der Waals surface area contributed by atoms with Crippen molar-refractivity contribution < 1.29 is 8.53 Å². The van der Waals surface area contributed by atoms with Crippen molar-refractivity contribution in [2.45, 2.75) is 26.5 Å². The third-order valence-electron chi connectivity index (χ3n) is 4.27. The van der Waals surface area contributed by atoms with Crippen LogP contribution in [0.2, 0.25) is 19.6 Å². The molecule has 0 fully saturated rings. The van der Waals surface area contributed by atoms with E-state index in [1.165, 1.54) is 11.4 Å². The second-order valence-electron chi connectivity index (χ2n) is 7.02. The maximum atomic E-state index is 7.52. The highest BCUT2D eigenvalue weighted by molar-refractivity contribution is 6.90. The zero-order chi connectivity index (χ0) is 19.4. The first-order valence-corrected chi connectivity index (χ1v) is 11.4. The Kier molecular flexibility index (Phi) is 2.63. The normalized spacial score (nSPS) is 14.5. The van der Waals surface area contributed by atoms with Crippen LogP contribution in [-0.2, 0) is 0 Å². The number of benzene rings is 1. The van der Waals surface area contributed by atoms with Crippen LogP contribution in [0.1, 0.15) is 9.68 Å². The minimum Gasteiger partial charge on any atom is -0.454 e. The Balaban J connectivity index is 2.00. The van der Waals surface area contributed by atoms with E-state index in [-0.39, 0.29) is 5.56 Å². The molecule has 0 aliphatic carbocycles. The summed E-state index contributed by atoms with van der Waals surface area (Å²) in [6.07, 6.45) is 4.93. The molecule has 3 nitrogen and oxygen atoms in total. The molecule has 0 bridgehead atoms. The summed E-state index contributed by atoms with van der Waals surface area (Å²) in [6.45, 7) is 4.77. The molecule has 120 valence electrons. The van der Waals surface area contributed by atoms with Crippen LogP contribution in [0.5, 0.6) is 0 Å². The fourth-order valence-corrected chi connectivity index (χ4v) is 4.70. The van der Waals surface area contributed by atoms with Crippen molar-refractivity contribution in [2.24, 2.45) is 0 Å². The maximum absolute atomic E-state index is 7.52. The van der Waals surface area contributed by atoms with Crippen molar-refractivity contribution in [1.29, 1.82) is 0 Å². The SMILES string of the molecule is [2H]C([2H])([2H])c1ccc(-c2ccc([Si](C)(C)C)c3c2oc2cnccc23)nc1. The Morgan fingerprint density at radius 1 is 1.04 bits per heavy atom. The number of fused-ring (bicyclic) bond motifs is 3. The molecule has 24 heavy (non-hydrogen) atoms. The van der Waals surface area contributed by atoms with Gasteiger partial charge in [0.25, 0.3) is 0 Å².